The maximum atomic E-state index is 10.9. The van der Waals surface area contributed by atoms with Crippen LogP contribution in [0.5, 0.6) is 5.75 Å². The third kappa shape index (κ3) is 2.13. The molecule has 1 aromatic carbocycles. The molecular weight excluding hydrogens is 176 g/mol. The van der Waals surface area contributed by atoms with Crippen molar-refractivity contribution in [1.82, 2.24) is 0 Å². The van der Waals surface area contributed by atoms with Crippen molar-refractivity contribution in [2.24, 2.45) is 0 Å². The number of benzene rings is 1. The Labute approximate surface area is 84.9 Å². The van der Waals surface area contributed by atoms with Crippen molar-refractivity contribution < 1.29 is 9.53 Å². The molecule has 0 aliphatic carbocycles. The quantitative estimate of drug-likeness (QED) is 0.685. The average molecular weight is 192 g/mol. The molecule has 2 nitrogen and oxygen atoms in total. The van der Waals surface area contributed by atoms with E-state index in [2.05, 4.69) is 0 Å². The third-order valence-corrected chi connectivity index (χ3v) is 2.39. The Hall–Kier alpha value is -1.31. The molecule has 0 aromatic heterocycles. The summed E-state index contributed by atoms with van der Waals surface area (Å²) in [6.07, 6.45) is 1.79. The lowest BCUT2D eigenvalue weighted by molar-refractivity contribution is -0.109. The van der Waals surface area contributed by atoms with Crippen molar-refractivity contribution in [3.8, 4) is 5.75 Å². The first-order valence-corrected chi connectivity index (χ1v) is 4.82. The van der Waals surface area contributed by atoms with E-state index in [4.69, 9.17) is 4.74 Å². The van der Waals surface area contributed by atoms with Crippen LogP contribution in [0.3, 0.4) is 0 Å². The summed E-state index contributed by atoms with van der Waals surface area (Å²) in [6.45, 7) is 4.02. The molecule has 76 valence electrons. The number of rotatable bonds is 4. The molecule has 0 fully saturated rings. The first kappa shape index (κ1) is 10.8. The molecule has 1 aromatic rings. The molecule has 0 aliphatic heterocycles. The molecule has 0 aliphatic rings. The minimum atomic E-state index is -0.0511. The van der Waals surface area contributed by atoms with Gasteiger partial charge in [-0.05, 0) is 19.4 Å². The van der Waals surface area contributed by atoms with Crippen LogP contribution in [0.25, 0.3) is 0 Å². The molecule has 2 heteroatoms. The lowest BCUT2D eigenvalue weighted by atomic mass is 9.95. The third-order valence-electron chi connectivity index (χ3n) is 2.39. The second-order valence-electron chi connectivity index (χ2n) is 3.40. The highest BCUT2D eigenvalue weighted by atomic mass is 16.5. The molecule has 0 radical (unpaired) electrons. The first-order valence-electron chi connectivity index (χ1n) is 4.82. The number of ether oxygens (including phenoxy) is 1. The second kappa shape index (κ2) is 4.80. The molecule has 0 saturated carbocycles. The lowest BCUT2D eigenvalue weighted by Gasteiger charge is -2.13. The Kier molecular flexibility index (Phi) is 3.69. The Bertz CT molecular complexity index is 318. The van der Waals surface area contributed by atoms with E-state index < -0.39 is 0 Å². The first-order chi connectivity index (χ1) is 6.72. The number of hydrogen-bond donors (Lipinski definition) is 0. The summed E-state index contributed by atoms with van der Waals surface area (Å²) < 4.78 is 5.23. The van der Waals surface area contributed by atoms with Crippen LogP contribution in [0.15, 0.2) is 18.2 Å². The van der Waals surface area contributed by atoms with Gasteiger partial charge in [0.25, 0.3) is 0 Å². The molecule has 1 atom stereocenters. The molecule has 0 spiro atoms. The topological polar surface area (TPSA) is 26.3 Å². The normalized spacial score (nSPS) is 12.2. The van der Waals surface area contributed by atoms with E-state index >= 15 is 0 Å². The maximum absolute atomic E-state index is 10.9. The van der Waals surface area contributed by atoms with Gasteiger partial charge >= 0.3 is 0 Å². The SMILES string of the molecule is CCC(C=O)c1cc(C)ccc1OC. The fourth-order valence-electron chi connectivity index (χ4n) is 1.53. The Morgan fingerprint density at radius 2 is 2.21 bits per heavy atom. The van der Waals surface area contributed by atoms with Crippen LogP contribution >= 0.6 is 0 Å². The predicted molar refractivity (Wildman–Crippen MR) is 56.8 cm³/mol. The number of methoxy groups -OCH3 is 1. The van der Waals surface area contributed by atoms with Gasteiger partial charge in [-0.15, -0.1) is 0 Å². The minimum absolute atomic E-state index is 0.0511. The van der Waals surface area contributed by atoms with Gasteiger partial charge in [-0.1, -0.05) is 24.6 Å². The molecule has 0 N–H and O–H groups in total. The molecule has 0 amide bonds. The van der Waals surface area contributed by atoms with Gasteiger partial charge in [-0.3, -0.25) is 0 Å². The number of carbonyl (C=O) groups excluding carboxylic acids is 1. The number of carbonyl (C=O) groups is 1. The largest absolute Gasteiger partial charge is 0.496 e. The fraction of sp³-hybridized carbons (Fsp3) is 0.417. The smallest absolute Gasteiger partial charge is 0.127 e. The van der Waals surface area contributed by atoms with Crippen LogP contribution in [0.1, 0.15) is 30.4 Å². The van der Waals surface area contributed by atoms with Gasteiger partial charge in [0.1, 0.15) is 12.0 Å². The summed E-state index contributed by atoms with van der Waals surface area (Å²) in [5.41, 5.74) is 2.14. The van der Waals surface area contributed by atoms with Gasteiger partial charge in [-0.2, -0.15) is 0 Å². The van der Waals surface area contributed by atoms with Crippen molar-refractivity contribution in [2.75, 3.05) is 7.11 Å². The van der Waals surface area contributed by atoms with Crippen LogP contribution in [0.2, 0.25) is 0 Å². The van der Waals surface area contributed by atoms with Gasteiger partial charge in [-0.25, -0.2) is 0 Å². The number of aryl methyl sites for hydroxylation is 1. The molecule has 0 heterocycles. The second-order valence-corrected chi connectivity index (χ2v) is 3.40. The van der Waals surface area contributed by atoms with Crippen molar-refractivity contribution >= 4 is 6.29 Å². The number of hydrogen-bond acceptors (Lipinski definition) is 2. The van der Waals surface area contributed by atoms with Crippen molar-refractivity contribution in [3.63, 3.8) is 0 Å². The summed E-state index contributed by atoms with van der Waals surface area (Å²) in [5, 5.41) is 0. The summed E-state index contributed by atoms with van der Waals surface area (Å²) >= 11 is 0. The highest BCUT2D eigenvalue weighted by molar-refractivity contribution is 5.64. The lowest BCUT2D eigenvalue weighted by Crippen LogP contribution is -2.01. The zero-order valence-corrected chi connectivity index (χ0v) is 8.91. The van der Waals surface area contributed by atoms with E-state index in [0.717, 1.165) is 29.6 Å². The standard InChI is InChI=1S/C12H16O2/c1-4-10(8-13)11-7-9(2)5-6-12(11)14-3/h5-8,10H,4H2,1-3H3. The van der Waals surface area contributed by atoms with Crippen LogP contribution < -0.4 is 4.74 Å². The van der Waals surface area contributed by atoms with E-state index in [1.807, 2.05) is 32.0 Å². The maximum Gasteiger partial charge on any atom is 0.127 e. The van der Waals surface area contributed by atoms with Gasteiger partial charge < -0.3 is 9.53 Å². The average Bonchev–Trinajstić information content (AvgIpc) is 2.20. The van der Waals surface area contributed by atoms with Crippen LogP contribution in [0.4, 0.5) is 0 Å². The Morgan fingerprint density at radius 3 is 2.71 bits per heavy atom. The van der Waals surface area contributed by atoms with E-state index in [1.54, 1.807) is 7.11 Å². The van der Waals surface area contributed by atoms with Crippen molar-refractivity contribution in [3.05, 3.63) is 29.3 Å². The van der Waals surface area contributed by atoms with E-state index in [0.29, 0.717) is 0 Å². The highest BCUT2D eigenvalue weighted by Crippen LogP contribution is 2.28. The summed E-state index contributed by atoms with van der Waals surface area (Å²) in [5.74, 6) is 0.749. The molecule has 1 unspecified atom stereocenters. The van der Waals surface area contributed by atoms with E-state index in [9.17, 15) is 4.79 Å². The van der Waals surface area contributed by atoms with E-state index in [1.165, 1.54) is 0 Å². The Morgan fingerprint density at radius 1 is 1.50 bits per heavy atom. The van der Waals surface area contributed by atoms with Crippen LogP contribution in [-0.4, -0.2) is 13.4 Å². The summed E-state index contributed by atoms with van der Waals surface area (Å²) in [4.78, 5) is 10.9. The van der Waals surface area contributed by atoms with Crippen molar-refractivity contribution in [2.45, 2.75) is 26.2 Å². The van der Waals surface area contributed by atoms with Crippen LogP contribution in [0, 0.1) is 6.92 Å². The highest BCUT2D eigenvalue weighted by Gasteiger charge is 2.13. The van der Waals surface area contributed by atoms with Crippen molar-refractivity contribution in [1.29, 1.82) is 0 Å². The minimum Gasteiger partial charge on any atom is -0.496 e. The molecular formula is C12H16O2. The molecule has 0 bridgehead atoms. The van der Waals surface area contributed by atoms with Crippen LogP contribution in [-0.2, 0) is 4.79 Å². The molecule has 1 rings (SSSR count). The number of aldehydes is 1. The summed E-state index contributed by atoms with van der Waals surface area (Å²) in [7, 11) is 1.63. The van der Waals surface area contributed by atoms with Gasteiger partial charge in [0.2, 0.25) is 0 Å². The van der Waals surface area contributed by atoms with E-state index in [-0.39, 0.29) is 5.92 Å². The Balaban J connectivity index is 3.14. The zero-order valence-electron chi connectivity index (χ0n) is 8.91. The predicted octanol–water partition coefficient (Wildman–Crippen LogP) is 2.70. The van der Waals surface area contributed by atoms with Gasteiger partial charge in [0, 0.05) is 11.5 Å². The molecule has 0 saturated heterocycles. The van der Waals surface area contributed by atoms with Gasteiger partial charge in [0.15, 0.2) is 0 Å². The summed E-state index contributed by atoms with van der Waals surface area (Å²) in [6, 6.07) is 5.91. The zero-order chi connectivity index (χ0) is 10.6. The molecule has 14 heavy (non-hydrogen) atoms. The monoisotopic (exact) mass is 192 g/mol. The van der Waals surface area contributed by atoms with Gasteiger partial charge in [0.05, 0.1) is 7.11 Å². The fourth-order valence-corrected chi connectivity index (χ4v) is 1.53.